The van der Waals surface area contributed by atoms with Gasteiger partial charge in [0.2, 0.25) is 29.2 Å². The number of hydrogen-bond acceptors (Lipinski definition) is 12. The molecule has 16 nitrogen and oxygen atoms in total. The number of carbonyl (C=O) groups excluding carboxylic acids is 5. The van der Waals surface area contributed by atoms with E-state index in [-0.39, 0.29) is 58.0 Å². The summed E-state index contributed by atoms with van der Waals surface area (Å²) in [6, 6.07) is -4.88. The van der Waals surface area contributed by atoms with Crippen LogP contribution in [0.4, 0.5) is 0 Å². The quantitative estimate of drug-likeness (QED) is 0.0122. The van der Waals surface area contributed by atoms with Crippen LogP contribution in [-0.4, -0.2) is 115 Å². The number of hydrogen-bond donors (Lipinski definition) is 8. The Morgan fingerprint density at radius 3 is 1.07 bits per heavy atom. The average Bonchev–Trinajstić information content (AvgIpc) is 3.51. The highest BCUT2D eigenvalue weighted by Gasteiger charge is 2.63. The van der Waals surface area contributed by atoms with E-state index in [2.05, 4.69) is 26.1 Å². The topological polar surface area (TPSA) is 277 Å². The highest BCUT2D eigenvalue weighted by atomic mass is 32.1. The van der Waals surface area contributed by atoms with Gasteiger partial charge < -0.3 is 42.7 Å². The van der Waals surface area contributed by atoms with Crippen molar-refractivity contribution >= 4 is 54.0 Å². The number of aliphatic carboxylic acids is 2. The molecule has 0 aromatic carbocycles. The van der Waals surface area contributed by atoms with Crippen molar-refractivity contribution in [2.75, 3.05) is 19.7 Å². The van der Waals surface area contributed by atoms with Crippen molar-refractivity contribution in [1.29, 1.82) is 0 Å². The summed E-state index contributed by atoms with van der Waals surface area (Å²) < 4.78 is 0. The van der Waals surface area contributed by atoms with Crippen molar-refractivity contribution in [2.24, 2.45) is 17.2 Å². The van der Waals surface area contributed by atoms with E-state index >= 15 is 19.2 Å². The third kappa shape index (κ3) is 35.9. The number of ketones is 1. The van der Waals surface area contributed by atoms with Crippen LogP contribution in [0.5, 0.6) is 0 Å². The van der Waals surface area contributed by atoms with Gasteiger partial charge in [-0.1, -0.05) is 252 Å². The number of thiol groups is 1. The van der Waals surface area contributed by atoms with E-state index in [0.29, 0.717) is 54.7 Å². The maximum Gasteiger partial charge on any atom is 0.341 e. The van der Waals surface area contributed by atoms with Crippen molar-refractivity contribution in [2.45, 2.75) is 358 Å². The van der Waals surface area contributed by atoms with Gasteiger partial charge in [0.05, 0.1) is 6.61 Å². The second-order valence-electron chi connectivity index (χ2n) is 24.0. The average molecular weight is 1200 g/mol. The summed E-state index contributed by atoms with van der Waals surface area (Å²) in [6.07, 6.45) is 39.9. The standard InChI is InChI=1S/C66H126N6O10S/c1-4-7-10-13-16-19-22-25-28-31-34-37-40-49-58(74)66(65(81)82,64(83)71(57(63(79)80)48-44-46-53-68)62(78)56(47-43-45-52-67)70-61(77)55(69)54-73)72(59(75)50-41-38-35-32-29-26-23-20-17-14-11-8-5-2)60(76)51-42-39-36-33-30-27-24-21-18-15-12-9-6-3/h55-57,64,73,83H,4-54,67-69H2,1-3H3,(H,70,77)(H,79,80)(H,81,82)/t55-,56-,57-,64?,66-/m0/s1. The van der Waals surface area contributed by atoms with E-state index in [1.54, 1.807) is 0 Å². The van der Waals surface area contributed by atoms with Crippen molar-refractivity contribution in [3.8, 4) is 0 Å². The Hall–Kier alpha value is -3.12. The molecule has 0 aliphatic heterocycles. The van der Waals surface area contributed by atoms with Crippen LogP contribution in [0.3, 0.4) is 0 Å². The van der Waals surface area contributed by atoms with Crippen molar-refractivity contribution in [1.82, 2.24) is 15.1 Å². The monoisotopic (exact) mass is 1190 g/mol. The Balaban J connectivity index is 7.43. The van der Waals surface area contributed by atoms with Crippen LogP contribution in [-0.2, 0) is 33.6 Å². The second kappa shape index (κ2) is 54.3. The van der Waals surface area contributed by atoms with E-state index in [4.69, 9.17) is 29.8 Å². The van der Waals surface area contributed by atoms with Crippen LogP contribution in [0.2, 0.25) is 0 Å². The minimum Gasteiger partial charge on any atom is -0.480 e. The second-order valence-corrected chi connectivity index (χ2v) is 24.5. The first-order valence-corrected chi connectivity index (χ1v) is 34.6. The summed E-state index contributed by atoms with van der Waals surface area (Å²) in [5.41, 5.74) is 14.4. The van der Waals surface area contributed by atoms with Gasteiger partial charge in [0.1, 0.15) is 23.5 Å². The van der Waals surface area contributed by atoms with Crippen molar-refractivity contribution < 1.29 is 48.9 Å². The molecular weight excluding hydrogens is 1070 g/mol. The fourth-order valence-electron chi connectivity index (χ4n) is 11.3. The highest BCUT2D eigenvalue weighted by molar-refractivity contribution is 7.81. The van der Waals surface area contributed by atoms with E-state index in [1.165, 1.54) is 128 Å². The van der Waals surface area contributed by atoms with Crippen LogP contribution in [0.1, 0.15) is 329 Å². The Morgan fingerprint density at radius 1 is 0.458 bits per heavy atom. The molecule has 5 atom stereocenters. The van der Waals surface area contributed by atoms with Gasteiger partial charge in [0, 0.05) is 19.3 Å². The number of amides is 4. The fraction of sp³-hybridized carbons (Fsp3) is 0.894. The summed E-state index contributed by atoms with van der Waals surface area (Å²) in [4.78, 5) is 104. The maximum absolute atomic E-state index is 15.5. The van der Waals surface area contributed by atoms with Gasteiger partial charge in [-0.2, -0.15) is 12.6 Å². The first kappa shape index (κ1) is 79.9. The smallest absolute Gasteiger partial charge is 0.341 e. The molecule has 0 spiro atoms. The maximum atomic E-state index is 15.5. The zero-order chi connectivity index (χ0) is 61.8. The molecule has 0 bridgehead atoms. The van der Waals surface area contributed by atoms with E-state index in [0.717, 1.165) is 83.5 Å². The third-order valence-corrected chi connectivity index (χ3v) is 17.3. The van der Waals surface area contributed by atoms with Gasteiger partial charge in [-0.05, 0) is 70.9 Å². The van der Waals surface area contributed by atoms with Gasteiger partial charge in [0.15, 0.2) is 5.78 Å². The van der Waals surface area contributed by atoms with Crippen LogP contribution in [0.25, 0.3) is 0 Å². The first-order chi connectivity index (χ1) is 40.2. The number of nitrogens with two attached hydrogens (primary N) is 3. The Morgan fingerprint density at radius 2 is 0.771 bits per heavy atom. The van der Waals surface area contributed by atoms with Crippen LogP contribution in [0.15, 0.2) is 0 Å². The highest BCUT2D eigenvalue weighted by Crippen LogP contribution is 2.36. The van der Waals surface area contributed by atoms with Crippen LogP contribution in [0, 0.1) is 0 Å². The number of aliphatic hydroxyl groups is 1. The van der Waals surface area contributed by atoms with Crippen molar-refractivity contribution in [3.63, 3.8) is 0 Å². The zero-order valence-corrected chi connectivity index (χ0v) is 54.0. The predicted molar refractivity (Wildman–Crippen MR) is 342 cm³/mol. The molecular formula is C66H126N6O10S. The molecule has 83 heavy (non-hydrogen) atoms. The third-order valence-electron chi connectivity index (χ3n) is 16.6. The van der Waals surface area contributed by atoms with Gasteiger partial charge in [0.25, 0.3) is 0 Å². The fourth-order valence-corrected chi connectivity index (χ4v) is 12.0. The van der Waals surface area contributed by atoms with Crippen LogP contribution < -0.4 is 22.5 Å². The number of carboxylic acids is 2. The van der Waals surface area contributed by atoms with Gasteiger partial charge in [-0.3, -0.25) is 28.9 Å². The summed E-state index contributed by atoms with van der Waals surface area (Å²) in [5, 5.41) is 33.1. The number of imide groups is 1. The molecule has 4 amide bonds. The molecule has 0 fully saturated rings. The molecule has 0 aromatic heterocycles. The molecule has 10 N–H and O–H groups in total. The summed E-state index contributed by atoms with van der Waals surface area (Å²) in [7, 11) is 0. The number of unbranched alkanes of at least 4 members (excludes halogenated alkanes) is 38. The number of nitrogens with zero attached hydrogens (tertiary/aromatic N) is 2. The lowest BCUT2D eigenvalue weighted by atomic mass is 9.84. The molecule has 0 saturated carbocycles. The van der Waals surface area contributed by atoms with Crippen LogP contribution >= 0.6 is 12.6 Å². The number of carbonyl (C=O) groups is 7. The molecule has 0 radical (unpaired) electrons. The Bertz CT molecular complexity index is 1640. The molecule has 1 unspecified atom stereocenters. The largest absolute Gasteiger partial charge is 0.480 e. The number of carboxylic acid groups (broad SMARTS) is 2. The number of Topliss-reactive ketones (excluding diaryl/α,β-unsaturated/α-hetero) is 1. The van der Waals surface area contributed by atoms with Crippen molar-refractivity contribution in [3.05, 3.63) is 0 Å². The minimum absolute atomic E-state index is 0.112. The molecule has 0 saturated heterocycles. The molecule has 0 aromatic rings. The molecule has 17 heteroatoms. The molecule has 486 valence electrons. The summed E-state index contributed by atoms with van der Waals surface area (Å²) >= 11 is 4.89. The van der Waals surface area contributed by atoms with E-state index < -0.39 is 83.4 Å². The summed E-state index contributed by atoms with van der Waals surface area (Å²) in [5.74, 6) is -8.36. The zero-order valence-electron chi connectivity index (χ0n) is 53.1. The molecule has 0 aliphatic rings. The molecule has 0 heterocycles. The molecule has 0 aliphatic carbocycles. The first-order valence-electron chi connectivity index (χ1n) is 34.1. The van der Waals surface area contributed by atoms with Gasteiger partial charge in [-0.25, -0.2) is 9.59 Å². The lowest BCUT2D eigenvalue weighted by Gasteiger charge is -2.47. The Labute approximate surface area is 510 Å². The Kier molecular flexibility index (Phi) is 52.2. The number of nitrogens with one attached hydrogen (secondary N) is 1. The SMILES string of the molecule is CCCCCCCCCCCCCCCC(=O)N(C(=O)CCCCCCCCCCCCCCC)[C@@](C(=O)O)(C(=O)CCCCCCCCCCCCCCC)C(S)N(C(=O)[C@H](CCCCN)NC(=O)[C@@H](N)CO)[C@@H](CCCCN)C(=O)O. The lowest BCUT2D eigenvalue weighted by Crippen LogP contribution is -2.74. The lowest BCUT2D eigenvalue weighted by molar-refractivity contribution is -0.177. The summed E-state index contributed by atoms with van der Waals surface area (Å²) in [6.45, 7) is 6.25. The number of aliphatic hydroxyl groups excluding tert-OH is 1. The predicted octanol–water partition coefficient (Wildman–Crippen LogP) is 13.8. The van der Waals surface area contributed by atoms with Gasteiger partial charge in [-0.15, -0.1) is 0 Å². The minimum atomic E-state index is -3.19. The normalized spacial score (nSPS) is 13.7. The number of rotatable bonds is 61. The van der Waals surface area contributed by atoms with E-state index in [9.17, 15) is 29.7 Å². The molecule has 0 rings (SSSR count). The van der Waals surface area contributed by atoms with E-state index in [1.807, 2.05) is 0 Å². The van der Waals surface area contributed by atoms with Gasteiger partial charge >= 0.3 is 11.9 Å².